The number of nitrogens with two attached hydrogens (primary N) is 1. The number of aromatic nitrogens is 1. The standard InChI is InChI=1S/C14H23N3O/c1-2-3-12(6-9-15)4-5-14(18)17-13-7-10-16-11-8-13/h7-8,10-12H,2-6,9,15H2,1H3,(H,16,17,18). The third-order valence-corrected chi connectivity index (χ3v) is 3.02. The second-order valence-electron chi connectivity index (χ2n) is 4.55. The largest absolute Gasteiger partial charge is 0.330 e. The summed E-state index contributed by atoms with van der Waals surface area (Å²) < 4.78 is 0. The summed E-state index contributed by atoms with van der Waals surface area (Å²) in [4.78, 5) is 15.7. The number of anilines is 1. The minimum Gasteiger partial charge on any atom is -0.330 e. The van der Waals surface area contributed by atoms with Crippen molar-refractivity contribution in [1.29, 1.82) is 0 Å². The molecule has 4 nitrogen and oxygen atoms in total. The highest BCUT2D eigenvalue weighted by Crippen LogP contribution is 2.17. The van der Waals surface area contributed by atoms with Crippen molar-refractivity contribution in [2.45, 2.75) is 39.0 Å². The summed E-state index contributed by atoms with van der Waals surface area (Å²) in [6.07, 6.45) is 8.13. The van der Waals surface area contributed by atoms with Crippen LogP contribution in [0.1, 0.15) is 39.0 Å². The summed E-state index contributed by atoms with van der Waals surface area (Å²) >= 11 is 0. The minimum absolute atomic E-state index is 0.0688. The molecule has 1 unspecified atom stereocenters. The number of hydrogen-bond donors (Lipinski definition) is 2. The van der Waals surface area contributed by atoms with Gasteiger partial charge in [-0.2, -0.15) is 0 Å². The Morgan fingerprint density at radius 1 is 1.33 bits per heavy atom. The van der Waals surface area contributed by atoms with Crippen LogP contribution in [0.5, 0.6) is 0 Å². The molecular weight excluding hydrogens is 226 g/mol. The Bertz CT molecular complexity index is 334. The fourth-order valence-corrected chi connectivity index (χ4v) is 2.07. The molecule has 1 aromatic heterocycles. The molecule has 4 heteroatoms. The average molecular weight is 249 g/mol. The summed E-state index contributed by atoms with van der Waals surface area (Å²) in [5, 5.41) is 2.87. The zero-order valence-electron chi connectivity index (χ0n) is 11.1. The quantitative estimate of drug-likeness (QED) is 0.744. The molecule has 1 heterocycles. The van der Waals surface area contributed by atoms with Gasteiger partial charge in [-0.05, 0) is 37.4 Å². The van der Waals surface area contributed by atoms with Crippen LogP contribution in [0.4, 0.5) is 5.69 Å². The SMILES string of the molecule is CCCC(CCN)CCC(=O)Nc1ccncc1. The minimum atomic E-state index is 0.0688. The Morgan fingerprint density at radius 3 is 2.67 bits per heavy atom. The van der Waals surface area contributed by atoms with Gasteiger partial charge in [0, 0.05) is 24.5 Å². The first-order chi connectivity index (χ1) is 8.76. The molecule has 0 bridgehead atoms. The maximum atomic E-state index is 11.8. The van der Waals surface area contributed by atoms with Gasteiger partial charge in [0.05, 0.1) is 0 Å². The lowest BCUT2D eigenvalue weighted by atomic mass is 9.94. The van der Waals surface area contributed by atoms with Crippen molar-refractivity contribution < 1.29 is 4.79 Å². The number of carbonyl (C=O) groups is 1. The smallest absolute Gasteiger partial charge is 0.224 e. The molecular formula is C14H23N3O. The molecule has 1 aromatic rings. The normalized spacial score (nSPS) is 12.1. The van der Waals surface area contributed by atoms with Crippen LogP contribution in [0.2, 0.25) is 0 Å². The van der Waals surface area contributed by atoms with E-state index in [1.807, 2.05) is 0 Å². The maximum absolute atomic E-state index is 11.8. The van der Waals surface area contributed by atoms with E-state index in [2.05, 4.69) is 17.2 Å². The predicted molar refractivity (Wildman–Crippen MR) is 74.2 cm³/mol. The predicted octanol–water partition coefficient (Wildman–Crippen LogP) is 2.57. The molecule has 0 saturated carbocycles. The molecule has 0 saturated heterocycles. The van der Waals surface area contributed by atoms with Crippen molar-refractivity contribution in [3.8, 4) is 0 Å². The first-order valence-electron chi connectivity index (χ1n) is 6.66. The van der Waals surface area contributed by atoms with Gasteiger partial charge in [-0.25, -0.2) is 0 Å². The van der Waals surface area contributed by atoms with Gasteiger partial charge < -0.3 is 11.1 Å². The highest BCUT2D eigenvalue weighted by Gasteiger charge is 2.10. The van der Waals surface area contributed by atoms with Crippen LogP contribution in [-0.4, -0.2) is 17.4 Å². The summed E-state index contributed by atoms with van der Waals surface area (Å²) in [5.74, 6) is 0.641. The van der Waals surface area contributed by atoms with E-state index in [1.165, 1.54) is 0 Å². The van der Waals surface area contributed by atoms with Crippen molar-refractivity contribution in [2.24, 2.45) is 11.7 Å². The Morgan fingerprint density at radius 2 is 2.06 bits per heavy atom. The van der Waals surface area contributed by atoms with E-state index in [4.69, 9.17) is 5.73 Å². The zero-order valence-corrected chi connectivity index (χ0v) is 11.1. The Balaban J connectivity index is 2.31. The first kappa shape index (κ1) is 14.6. The topological polar surface area (TPSA) is 68.0 Å². The second-order valence-corrected chi connectivity index (χ2v) is 4.55. The van der Waals surface area contributed by atoms with Gasteiger partial charge in [0.25, 0.3) is 0 Å². The van der Waals surface area contributed by atoms with Crippen molar-refractivity contribution in [3.05, 3.63) is 24.5 Å². The number of nitrogens with one attached hydrogen (secondary N) is 1. The molecule has 0 fully saturated rings. The van der Waals surface area contributed by atoms with Crippen LogP contribution in [0, 0.1) is 5.92 Å². The van der Waals surface area contributed by atoms with E-state index in [9.17, 15) is 4.79 Å². The molecule has 1 rings (SSSR count). The van der Waals surface area contributed by atoms with E-state index in [0.29, 0.717) is 18.9 Å². The van der Waals surface area contributed by atoms with Gasteiger partial charge in [0.15, 0.2) is 0 Å². The van der Waals surface area contributed by atoms with Gasteiger partial charge in [0.2, 0.25) is 5.91 Å². The molecule has 1 atom stereocenters. The van der Waals surface area contributed by atoms with E-state index in [1.54, 1.807) is 24.5 Å². The second kappa shape index (κ2) is 8.64. The molecule has 0 aliphatic rings. The highest BCUT2D eigenvalue weighted by atomic mass is 16.1. The van der Waals surface area contributed by atoms with Gasteiger partial charge in [-0.1, -0.05) is 19.8 Å². The van der Waals surface area contributed by atoms with Gasteiger partial charge in [-0.15, -0.1) is 0 Å². The molecule has 0 aliphatic heterocycles. The number of carbonyl (C=O) groups excluding carboxylic acids is 1. The first-order valence-corrected chi connectivity index (χ1v) is 6.66. The summed E-state index contributed by atoms with van der Waals surface area (Å²) in [6.45, 7) is 2.87. The van der Waals surface area contributed by atoms with E-state index >= 15 is 0 Å². The molecule has 0 spiro atoms. The number of hydrogen-bond acceptors (Lipinski definition) is 3. The van der Waals surface area contributed by atoms with E-state index in [-0.39, 0.29) is 5.91 Å². The molecule has 18 heavy (non-hydrogen) atoms. The lowest BCUT2D eigenvalue weighted by Gasteiger charge is -2.14. The highest BCUT2D eigenvalue weighted by molar-refractivity contribution is 5.90. The van der Waals surface area contributed by atoms with Crippen LogP contribution in [0.15, 0.2) is 24.5 Å². The van der Waals surface area contributed by atoms with Crippen LogP contribution < -0.4 is 11.1 Å². The van der Waals surface area contributed by atoms with Crippen molar-refractivity contribution in [3.63, 3.8) is 0 Å². The number of pyridine rings is 1. The maximum Gasteiger partial charge on any atom is 0.224 e. The van der Waals surface area contributed by atoms with Crippen molar-refractivity contribution in [1.82, 2.24) is 4.98 Å². The van der Waals surface area contributed by atoms with Gasteiger partial charge in [-0.3, -0.25) is 9.78 Å². The number of amides is 1. The summed E-state index contributed by atoms with van der Waals surface area (Å²) in [6, 6.07) is 3.59. The molecule has 1 amide bonds. The van der Waals surface area contributed by atoms with Crippen molar-refractivity contribution in [2.75, 3.05) is 11.9 Å². The Kier molecular flexibility index (Phi) is 7.03. The molecule has 0 aliphatic carbocycles. The zero-order chi connectivity index (χ0) is 13.2. The summed E-state index contributed by atoms with van der Waals surface area (Å²) in [5.41, 5.74) is 6.39. The van der Waals surface area contributed by atoms with E-state index < -0.39 is 0 Å². The fraction of sp³-hybridized carbons (Fsp3) is 0.571. The fourth-order valence-electron chi connectivity index (χ4n) is 2.07. The Labute approximate surface area is 109 Å². The molecule has 100 valence electrons. The van der Waals surface area contributed by atoms with Crippen LogP contribution in [0.25, 0.3) is 0 Å². The number of rotatable bonds is 8. The third-order valence-electron chi connectivity index (χ3n) is 3.02. The number of nitrogens with zero attached hydrogens (tertiary/aromatic N) is 1. The Hall–Kier alpha value is -1.42. The molecule has 0 aromatic carbocycles. The summed E-state index contributed by atoms with van der Waals surface area (Å²) in [7, 11) is 0. The van der Waals surface area contributed by atoms with E-state index in [0.717, 1.165) is 31.4 Å². The van der Waals surface area contributed by atoms with Crippen LogP contribution >= 0.6 is 0 Å². The lowest BCUT2D eigenvalue weighted by Crippen LogP contribution is -2.15. The third kappa shape index (κ3) is 5.77. The van der Waals surface area contributed by atoms with Crippen molar-refractivity contribution >= 4 is 11.6 Å². The van der Waals surface area contributed by atoms with Crippen LogP contribution in [0.3, 0.4) is 0 Å². The van der Waals surface area contributed by atoms with Crippen LogP contribution in [-0.2, 0) is 4.79 Å². The lowest BCUT2D eigenvalue weighted by molar-refractivity contribution is -0.116. The van der Waals surface area contributed by atoms with Gasteiger partial charge in [0.1, 0.15) is 0 Å². The monoisotopic (exact) mass is 249 g/mol. The van der Waals surface area contributed by atoms with Gasteiger partial charge >= 0.3 is 0 Å². The average Bonchev–Trinajstić information content (AvgIpc) is 2.38. The molecule has 0 radical (unpaired) electrons. The molecule has 3 N–H and O–H groups in total.